The summed E-state index contributed by atoms with van der Waals surface area (Å²) in [5, 5.41) is 2.07. The molecule has 0 aliphatic heterocycles. The van der Waals surface area contributed by atoms with Crippen molar-refractivity contribution >= 4 is 11.3 Å². The topological polar surface area (TPSA) is 47.3 Å². The molecule has 1 heterocycles. The third-order valence-electron chi connectivity index (χ3n) is 1.91. The molecule has 1 unspecified atom stereocenters. The normalized spacial score (nSPS) is 13.2. The fourth-order valence-electron chi connectivity index (χ4n) is 1.18. The highest BCUT2D eigenvalue weighted by atomic mass is 32.1. The lowest BCUT2D eigenvalue weighted by molar-refractivity contribution is 0.124. The number of nitrogens with one attached hydrogen (secondary N) is 1. The minimum absolute atomic E-state index is 0.125. The van der Waals surface area contributed by atoms with Crippen molar-refractivity contribution in [2.45, 2.75) is 19.9 Å². The van der Waals surface area contributed by atoms with E-state index in [0.29, 0.717) is 6.61 Å². The van der Waals surface area contributed by atoms with Crippen LogP contribution in [-0.4, -0.2) is 13.2 Å². The van der Waals surface area contributed by atoms with Crippen LogP contribution in [-0.2, 0) is 4.74 Å². The van der Waals surface area contributed by atoms with E-state index >= 15 is 0 Å². The third kappa shape index (κ3) is 2.77. The molecule has 0 aliphatic rings. The number of hydrazine groups is 1. The zero-order valence-corrected chi connectivity index (χ0v) is 8.86. The Morgan fingerprint density at radius 3 is 2.92 bits per heavy atom. The van der Waals surface area contributed by atoms with Gasteiger partial charge in [0.05, 0.1) is 12.6 Å². The van der Waals surface area contributed by atoms with Crippen molar-refractivity contribution in [3.8, 4) is 0 Å². The summed E-state index contributed by atoms with van der Waals surface area (Å²) in [5.74, 6) is 5.45. The van der Waals surface area contributed by atoms with Crippen LogP contribution in [0.15, 0.2) is 11.4 Å². The van der Waals surface area contributed by atoms with E-state index in [2.05, 4.69) is 23.8 Å². The molecular formula is C9H16N2OS. The largest absolute Gasteiger partial charge is 0.380 e. The Labute approximate surface area is 82.9 Å². The first-order chi connectivity index (χ1) is 6.29. The van der Waals surface area contributed by atoms with Crippen molar-refractivity contribution in [2.24, 2.45) is 5.84 Å². The van der Waals surface area contributed by atoms with Gasteiger partial charge in [-0.1, -0.05) is 0 Å². The molecule has 4 heteroatoms. The van der Waals surface area contributed by atoms with E-state index in [1.807, 2.05) is 6.92 Å². The van der Waals surface area contributed by atoms with E-state index < -0.39 is 0 Å². The van der Waals surface area contributed by atoms with E-state index in [1.165, 1.54) is 10.4 Å². The molecule has 3 nitrogen and oxygen atoms in total. The molecule has 0 fully saturated rings. The van der Waals surface area contributed by atoms with E-state index in [9.17, 15) is 0 Å². The fraction of sp³-hybridized carbons (Fsp3) is 0.556. The molecule has 1 rings (SSSR count). The monoisotopic (exact) mass is 200 g/mol. The summed E-state index contributed by atoms with van der Waals surface area (Å²) >= 11 is 1.71. The van der Waals surface area contributed by atoms with Crippen molar-refractivity contribution < 1.29 is 4.74 Å². The second-order valence-corrected chi connectivity index (χ2v) is 3.79. The number of rotatable bonds is 5. The first kappa shape index (κ1) is 10.7. The van der Waals surface area contributed by atoms with Gasteiger partial charge < -0.3 is 4.74 Å². The molecule has 0 radical (unpaired) electrons. The Morgan fingerprint density at radius 1 is 1.69 bits per heavy atom. The van der Waals surface area contributed by atoms with Gasteiger partial charge in [0, 0.05) is 11.5 Å². The molecule has 0 spiro atoms. The lowest BCUT2D eigenvalue weighted by Crippen LogP contribution is -2.31. The molecule has 0 aliphatic carbocycles. The Bertz CT molecular complexity index is 250. The maximum Gasteiger partial charge on any atom is 0.0789 e. The minimum Gasteiger partial charge on any atom is -0.380 e. The summed E-state index contributed by atoms with van der Waals surface area (Å²) in [4.78, 5) is 1.26. The number of aryl methyl sites for hydroxylation is 1. The Balaban J connectivity index is 2.61. The molecule has 0 bridgehead atoms. The molecule has 0 amide bonds. The van der Waals surface area contributed by atoms with E-state index in [-0.39, 0.29) is 6.04 Å². The van der Waals surface area contributed by atoms with Gasteiger partial charge in [0.15, 0.2) is 0 Å². The highest BCUT2D eigenvalue weighted by molar-refractivity contribution is 7.10. The molecule has 0 saturated heterocycles. The summed E-state index contributed by atoms with van der Waals surface area (Å²) in [5.41, 5.74) is 4.04. The zero-order valence-electron chi connectivity index (χ0n) is 8.04. The lowest BCUT2D eigenvalue weighted by Gasteiger charge is -2.14. The number of hydrogen-bond donors (Lipinski definition) is 2. The maximum atomic E-state index is 5.45. The predicted octanol–water partition coefficient (Wildman–Crippen LogP) is 1.60. The van der Waals surface area contributed by atoms with E-state index in [1.54, 1.807) is 11.3 Å². The molecule has 13 heavy (non-hydrogen) atoms. The van der Waals surface area contributed by atoms with Gasteiger partial charge in [0.1, 0.15) is 0 Å². The molecule has 0 saturated carbocycles. The highest BCUT2D eigenvalue weighted by Gasteiger charge is 2.12. The number of thiophene rings is 1. The summed E-state index contributed by atoms with van der Waals surface area (Å²) in [6.07, 6.45) is 0. The molecule has 3 N–H and O–H groups in total. The van der Waals surface area contributed by atoms with E-state index in [4.69, 9.17) is 10.6 Å². The van der Waals surface area contributed by atoms with Gasteiger partial charge >= 0.3 is 0 Å². The van der Waals surface area contributed by atoms with Gasteiger partial charge in [-0.2, -0.15) is 0 Å². The van der Waals surface area contributed by atoms with Crippen LogP contribution < -0.4 is 11.3 Å². The summed E-state index contributed by atoms with van der Waals surface area (Å²) in [7, 11) is 0. The molecule has 1 atom stereocenters. The van der Waals surface area contributed by atoms with Crippen molar-refractivity contribution in [1.29, 1.82) is 0 Å². The van der Waals surface area contributed by atoms with Gasteiger partial charge in [0.25, 0.3) is 0 Å². The van der Waals surface area contributed by atoms with Gasteiger partial charge in [0.2, 0.25) is 0 Å². The van der Waals surface area contributed by atoms with Gasteiger partial charge in [-0.25, -0.2) is 5.43 Å². The van der Waals surface area contributed by atoms with Crippen molar-refractivity contribution in [2.75, 3.05) is 13.2 Å². The molecule has 1 aromatic rings. The number of ether oxygens (including phenoxy) is 1. The quantitative estimate of drug-likeness (QED) is 0.560. The first-order valence-electron chi connectivity index (χ1n) is 4.37. The molecule has 1 aromatic heterocycles. The van der Waals surface area contributed by atoms with Gasteiger partial charge in [-0.05, 0) is 30.9 Å². The van der Waals surface area contributed by atoms with Crippen LogP contribution >= 0.6 is 11.3 Å². The summed E-state index contributed by atoms with van der Waals surface area (Å²) in [6, 6.07) is 2.22. The molecule has 0 aromatic carbocycles. The summed E-state index contributed by atoms with van der Waals surface area (Å²) < 4.78 is 5.33. The Kier molecular flexibility index (Phi) is 4.38. The fourth-order valence-corrected chi connectivity index (χ4v) is 2.15. The van der Waals surface area contributed by atoms with Crippen LogP contribution in [0.3, 0.4) is 0 Å². The summed E-state index contributed by atoms with van der Waals surface area (Å²) in [6.45, 7) is 5.42. The molecule has 74 valence electrons. The SMILES string of the molecule is CCOCC(NN)c1sccc1C. The zero-order chi connectivity index (χ0) is 9.68. The first-order valence-corrected chi connectivity index (χ1v) is 5.25. The minimum atomic E-state index is 0.125. The van der Waals surface area contributed by atoms with Crippen LogP contribution in [0.25, 0.3) is 0 Å². The average Bonchev–Trinajstić information content (AvgIpc) is 2.54. The van der Waals surface area contributed by atoms with Crippen LogP contribution in [0, 0.1) is 6.92 Å². The smallest absolute Gasteiger partial charge is 0.0789 e. The molecular weight excluding hydrogens is 184 g/mol. The van der Waals surface area contributed by atoms with Gasteiger partial charge in [-0.3, -0.25) is 5.84 Å². The number of hydrogen-bond acceptors (Lipinski definition) is 4. The Hall–Kier alpha value is -0.420. The third-order valence-corrected chi connectivity index (χ3v) is 3.04. The van der Waals surface area contributed by atoms with Crippen LogP contribution in [0.4, 0.5) is 0 Å². The maximum absolute atomic E-state index is 5.45. The average molecular weight is 200 g/mol. The van der Waals surface area contributed by atoms with Crippen molar-refractivity contribution in [1.82, 2.24) is 5.43 Å². The highest BCUT2D eigenvalue weighted by Crippen LogP contribution is 2.23. The van der Waals surface area contributed by atoms with Crippen molar-refractivity contribution in [3.05, 3.63) is 21.9 Å². The number of nitrogens with two attached hydrogens (primary N) is 1. The van der Waals surface area contributed by atoms with Crippen LogP contribution in [0.5, 0.6) is 0 Å². The van der Waals surface area contributed by atoms with Gasteiger partial charge in [-0.15, -0.1) is 11.3 Å². The van der Waals surface area contributed by atoms with Crippen molar-refractivity contribution in [3.63, 3.8) is 0 Å². The van der Waals surface area contributed by atoms with E-state index in [0.717, 1.165) is 6.61 Å². The second-order valence-electron chi connectivity index (χ2n) is 2.85. The van der Waals surface area contributed by atoms with Crippen LogP contribution in [0.1, 0.15) is 23.4 Å². The Morgan fingerprint density at radius 2 is 2.46 bits per heavy atom. The second kappa shape index (κ2) is 5.34. The standard InChI is InChI=1S/C9H16N2OS/c1-3-12-6-8(11-10)9-7(2)4-5-13-9/h4-5,8,11H,3,6,10H2,1-2H3. The lowest BCUT2D eigenvalue weighted by atomic mass is 10.2. The van der Waals surface area contributed by atoms with Crippen LogP contribution in [0.2, 0.25) is 0 Å². The predicted molar refractivity (Wildman–Crippen MR) is 55.6 cm³/mol.